The second kappa shape index (κ2) is 17.0. The molecule has 0 radical (unpaired) electrons. The van der Waals surface area contributed by atoms with Gasteiger partial charge in [0.15, 0.2) is 0 Å². The second-order valence-electron chi connectivity index (χ2n) is 16.4. The van der Waals surface area contributed by atoms with Gasteiger partial charge in [-0.05, 0) is 68.1 Å². The molecule has 6 saturated heterocycles. The zero-order chi connectivity index (χ0) is 34.8. The minimum absolute atomic E-state index is 0.723. The van der Waals surface area contributed by atoms with Crippen LogP contribution in [0.3, 0.4) is 0 Å². The number of hydrogen-bond acceptors (Lipinski definition) is 2. The van der Waals surface area contributed by atoms with Crippen LogP contribution in [0.4, 0.5) is 0 Å². The van der Waals surface area contributed by atoms with E-state index >= 15 is 0 Å². The van der Waals surface area contributed by atoms with Crippen LogP contribution in [0.5, 0.6) is 11.5 Å². The summed E-state index contributed by atoms with van der Waals surface area (Å²) in [4.78, 5) is 0. The van der Waals surface area contributed by atoms with Crippen molar-refractivity contribution in [3.8, 4) is 35.7 Å². The first-order chi connectivity index (χ1) is 24.4. The topological polar surface area (TPSA) is 18.5 Å². The van der Waals surface area contributed by atoms with E-state index in [0.717, 1.165) is 54.5 Å². The van der Waals surface area contributed by atoms with Crippen molar-refractivity contribution in [2.24, 2.45) is 0 Å². The molecule has 0 amide bonds. The lowest BCUT2D eigenvalue weighted by molar-refractivity contribution is -1.08. The van der Waals surface area contributed by atoms with E-state index < -0.39 is 0 Å². The smallest absolute Gasteiger partial charge is 0.137 e. The van der Waals surface area contributed by atoms with Crippen molar-refractivity contribution in [3.05, 3.63) is 59.2 Å². The first-order valence-corrected chi connectivity index (χ1v) is 20.3. The molecule has 0 atom stereocenters. The first-order valence-electron chi connectivity index (χ1n) is 20.3. The molecule has 2 aromatic carbocycles. The standard InChI is InChI=1S/C44H66N4O2/c1-4-7-9-11-21-45-23-29-47(30-24-45,31-25-45)35-37-49-43-19-20-44(42(39-43)18-17-41-15-13-40(6-3)14-16-41)50-38-36-48-32-26-46(27-33-48,28-34-48)22-12-10-8-5-2/h3,13-16,19-20,39H,4-5,7-12,21-38H2,1-2H3/q+4. The van der Waals surface area contributed by atoms with E-state index in [1.54, 1.807) is 0 Å². The average molecular weight is 683 g/mol. The average Bonchev–Trinajstić information content (AvgIpc) is 3.17. The number of nitrogens with zero attached hydrogens (tertiary/aromatic N) is 4. The Bertz CT molecular complexity index is 1450. The number of terminal acetylenes is 1. The highest BCUT2D eigenvalue weighted by molar-refractivity contribution is 5.53. The van der Waals surface area contributed by atoms with Crippen molar-refractivity contribution in [3.63, 3.8) is 0 Å². The predicted octanol–water partition coefficient (Wildman–Crippen LogP) is 6.31. The van der Waals surface area contributed by atoms with Crippen molar-refractivity contribution in [1.29, 1.82) is 0 Å². The molecular weight excluding hydrogens is 617 g/mol. The Kier molecular flexibility index (Phi) is 12.5. The molecule has 6 aliphatic heterocycles. The molecule has 2 aromatic rings. The van der Waals surface area contributed by atoms with Gasteiger partial charge in [0.05, 0.1) is 18.7 Å². The van der Waals surface area contributed by atoms with Gasteiger partial charge in [0.2, 0.25) is 0 Å². The lowest BCUT2D eigenvalue weighted by Crippen LogP contribution is -2.75. The van der Waals surface area contributed by atoms with Crippen molar-refractivity contribution >= 4 is 0 Å². The number of benzene rings is 2. The van der Waals surface area contributed by atoms with Crippen LogP contribution in [-0.2, 0) is 0 Å². The molecule has 8 rings (SSSR count). The van der Waals surface area contributed by atoms with E-state index in [4.69, 9.17) is 15.9 Å². The molecule has 0 unspecified atom stereocenters. The maximum absolute atomic E-state index is 6.56. The van der Waals surface area contributed by atoms with Crippen LogP contribution in [0.25, 0.3) is 0 Å². The van der Waals surface area contributed by atoms with E-state index in [-0.39, 0.29) is 0 Å². The van der Waals surface area contributed by atoms with Crippen molar-refractivity contribution in [2.45, 2.75) is 65.2 Å². The molecule has 0 spiro atoms. The third kappa shape index (κ3) is 9.26. The van der Waals surface area contributed by atoms with Gasteiger partial charge >= 0.3 is 0 Å². The normalized spacial score (nSPS) is 28.1. The fourth-order valence-corrected chi connectivity index (χ4v) is 9.29. The van der Waals surface area contributed by atoms with Gasteiger partial charge in [-0.25, -0.2) is 0 Å². The summed E-state index contributed by atoms with van der Waals surface area (Å²) < 4.78 is 18.2. The molecule has 4 bridgehead atoms. The molecule has 6 heteroatoms. The highest BCUT2D eigenvalue weighted by atomic mass is 16.5. The van der Waals surface area contributed by atoms with Gasteiger partial charge in [-0.15, -0.1) is 6.42 Å². The highest BCUT2D eigenvalue weighted by Gasteiger charge is 2.49. The SMILES string of the molecule is C#Cc1ccc(C#Cc2cc(OCC[N+]34CC[N+](CCCCCC)(CC3)CC4)ccc2OCC[N+]23CC[N+](CCCCCC)(CC2)CC3)cc1. The van der Waals surface area contributed by atoms with Crippen molar-refractivity contribution < 1.29 is 27.4 Å². The van der Waals surface area contributed by atoms with Gasteiger partial charge in [-0.1, -0.05) is 57.3 Å². The van der Waals surface area contributed by atoms with Crippen LogP contribution in [0.1, 0.15) is 81.9 Å². The molecular formula is C44H66N4O2+4. The summed E-state index contributed by atoms with van der Waals surface area (Å²) in [6.45, 7) is 26.9. The van der Waals surface area contributed by atoms with Crippen LogP contribution in [0, 0.1) is 24.2 Å². The quantitative estimate of drug-likeness (QED) is 0.104. The Labute approximate surface area is 304 Å². The maximum Gasteiger partial charge on any atom is 0.137 e. The van der Waals surface area contributed by atoms with Crippen molar-refractivity contribution in [2.75, 3.05) is 118 Å². The van der Waals surface area contributed by atoms with Crippen LogP contribution >= 0.6 is 0 Å². The summed E-state index contributed by atoms with van der Waals surface area (Å²) in [6.07, 6.45) is 16.6. The second-order valence-corrected chi connectivity index (χ2v) is 16.4. The lowest BCUT2D eigenvalue weighted by Gasteiger charge is -2.55. The third-order valence-electron chi connectivity index (χ3n) is 13.3. The van der Waals surface area contributed by atoms with E-state index in [1.165, 1.54) is 161 Å². The minimum atomic E-state index is 0.723. The Morgan fingerprint density at radius 3 is 1.46 bits per heavy atom. The number of fused-ring (bicyclic) bond motifs is 6. The van der Waals surface area contributed by atoms with E-state index in [0.29, 0.717) is 0 Å². The fraction of sp³-hybridized carbons (Fsp3) is 0.636. The Morgan fingerprint density at radius 1 is 0.520 bits per heavy atom. The number of piperazine rings is 6. The van der Waals surface area contributed by atoms with Gasteiger partial charge in [-0.2, -0.15) is 0 Å². The molecule has 50 heavy (non-hydrogen) atoms. The van der Waals surface area contributed by atoms with Crippen LogP contribution in [-0.4, -0.2) is 136 Å². The third-order valence-corrected chi connectivity index (χ3v) is 13.3. The number of ether oxygens (including phenoxy) is 2. The number of hydrogen-bond donors (Lipinski definition) is 0. The van der Waals surface area contributed by atoms with E-state index in [9.17, 15) is 0 Å². The summed E-state index contributed by atoms with van der Waals surface area (Å²) in [5.41, 5.74) is 2.72. The Hall–Kier alpha value is -3.00. The molecule has 6 heterocycles. The van der Waals surface area contributed by atoms with Gasteiger partial charge < -0.3 is 27.4 Å². The lowest BCUT2D eigenvalue weighted by atomic mass is 10.1. The predicted molar refractivity (Wildman–Crippen MR) is 205 cm³/mol. The Balaban J connectivity index is 1.04. The summed E-state index contributed by atoms with van der Waals surface area (Å²) in [5, 5.41) is 0. The molecule has 0 aromatic heterocycles. The minimum Gasteiger partial charge on any atom is -0.488 e. The molecule has 6 nitrogen and oxygen atoms in total. The maximum atomic E-state index is 6.56. The summed E-state index contributed by atoms with van der Waals surface area (Å²) in [5.74, 6) is 11.2. The number of rotatable bonds is 18. The highest BCUT2D eigenvalue weighted by Crippen LogP contribution is 2.30. The summed E-state index contributed by atoms with van der Waals surface area (Å²) in [7, 11) is 0. The van der Waals surface area contributed by atoms with Crippen LogP contribution in [0.15, 0.2) is 42.5 Å². The van der Waals surface area contributed by atoms with E-state index in [2.05, 4.69) is 49.8 Å². The van der Waals surface area contributed by atoms with Gasteiger partial charge in [-0.3, -0.25) is 0 Å². The summed E-state index contributed by atoms with van der Waals surface area (Å²) >= 11 is 0. The number of unbranched alkanes of at least 4 members (excludes halogenated alkanes) is 6. The van der Waals surface area contributed by atoms with Crippen molar-refractivity contribution in [1.82, 2.24) is 0 Å². The van der Waals surface area contributed by atoms with E-state index in [1.807, 2.05) is 24.3 Å². The monoisotopic (exact) mass is 683 g/mol. The largest absolute Gasteiger partial charge is 0.488 e. The Morgan fingerprint density at radius 2 is 0.980 bits per heavy atom. The molecule has 270 valence electrons. The zero-order valence-corrected chi connectivity index (χ0v) is 31.6. The van der Waals surface area contributed by atoms with Gasteiger partial charge in [0.1, 0.15) is 116 Å². The van der Waals surface area contributed by atoms with Crippen LogP contribution in [0.2, 0.25) is 0 Å². The van der Waals surface area contributed by atoms with Crippen LogP contribution < -0.4 is 9.47 Å². The molecule has 6 aliphatic rings. The number of quaternary nitrogens is 4. The molecule has 0 saturated carbocycles. The molecule has 0 aliphatic carbocycles. The fourth-order valence-electron chi connectivity index (χ4n) is 9.29. The first kappa shape index (κ1) is 36.8. The zero-order valence-electron chi connectivity index (χ0n) is 31.6. The van der Waals surface area contributed by atoms with Gasteiger partial charge in [0, 0.05) is 11.1 Å². The summed E-state index contributed by atoms with van der Waals surface area (Å²) in [6, 6.07) is 14.2. The van der Waals surface area contributed by atoms with Gasteiger partial charge in [0.25, 0.3) is 0 Å². The molecule has 6 fully saturated rings. The molecule has 0 N–H and O–H groups in total.